The predicted molar refractivity (Wildman–Crippen MR) is 72.6 cm³/mol. The van der Waals surface area contributed by atoms with E-state index in [-0.39, 0.29) is 5.54 Å². The summed E-state index contributed by atoms with van der Waals surface area (Å²) in [6.07, 6.45) is 9.60. The molecule has 1 atom stereocenters. The molecule has 3 N–H and O–H groups in total. The summed E-state index contributed by atoms with van der Waals surface area (Å²) in [6.45, 7) is 7.22. The second-order valence-electron chi connectivity index (χ2n) is 6.45. The lowest BCUT2D eigenvalue weighted by Crippen LogP contribution is -2.61. The van der Waals surface area contributed by atoms with E-state index in [2.05, 4.69) is 24.2 Å². The van der Waals surface area contributed by atoms with E-state index in [0.29, 0.717) is 6.04 Å². The lowest BCUT2D eigenvalue weighted by atomic mass is 9.76. The first-order chi connectivity index (χ1) is 8.14. The summed E-state index contributed by atoms with van der Waals surface area (Å²) in [5.74, 6) is 6.73. The Balaban J connectivity index is 1.93. The predicted octanol–water partition coefficient (Wildman–Crippen LogP) is 2.27. The van der Waals surface area contributed by atoms with E-state index in [4.69, 9.17) is 5.84 Å². The van der Waals surface area contributed by atoms with Gasteiger partial charge in [0, 0.05) is 11.6 Å². The normalized spacial score (nSPS) is 25.6. The van der Waals surface area contributed by atoms with Crippen LogP contribution in [-0.2, 0) is 0 Å². The molecule has 1 heterocycles. The number of nitrogens with one attached hydrogen (secondary N) is 1. The third kappa shape index (κ3) is 3.01. The molecule has 0 bridgehead atoms. The van der Waals surface area contributed by atoms with Crippen molar-refractivity contribution in [2.45, 2.75) is 70.4 Å². The Morgan fingerprint density at radius 1 is 1.18 bits per heavy atom. The van der Waals surface area contributed by atoms with Crippen LogP contribution >= 0.6 is 0 Å². The molecular formula is C14H29N3. The number of rotatable bonds is 5. The van der Waals surface area contributed by atoms with E-state index in [1.165, 1.54) is 58.0 Å². The summed E-state index contributed by atoms with van der Waals surface area (Å²) >= 11 is 0. The fraction of sp³-hybridized carbons (Fsp3) is 1.00. The van der Waals surface area contributed by atoms with Gasteiger partial charge in [0.1, 0.15) is 0 Å². The van der Waals surface area contributed by atoms with Crippen LogP contribution in [0.1, 0.15) is 58.8 Å². The Labute approximate surface area is 106 Å². The van der Waals surface area contributed by atoms with Crippen molar-refractivity contribution >= 4 is 0 Å². The van der Waals surface area contributed by atoms with Gasteiger partial charge in [-0.05, 0) is 52.1 Å². The number of hydrazine groups is 1. The summed E-state index contributed by atoms with van der Waals surface area (Å²) in [4.78, 5) is 2.64. The third-order valence-corrected chi connectivity index (χ3v) is 5.02. The van der Waals surface area contributed by atoms with Gasteiger partial charge in [-0.25, -0.2) is 0 Å². The minimum absolute atomic E-state index is 0.199. The van der Waals surface area contributed by atoms with Crippen molar-refractivity contribution in [1.82, 2.24) is 10.3 Å². The van der Waals surface area contributed by atoms with Gasteiger partial charge in [0.25, 0.3) is 0 Å². The first-order valence-electron chi connectivity index (χ1n) is 7.36. The van der Waals surface area contributed by atoms with Gasteiger partial charge in [0.05, 0.1) is 0 Å². The monoisotopic (exact) mass is 239 g/mol. The molecule has 0 aromatic carbocycles. The average Bonchev–Trinajstić information content (AvgIpc) is 2.28. The van der Waals surface area contributed by atoms with Crippen LogP contribution in [0.5, 0.6) is 0 Å². The number of piperidine rings is 1. The zero-order valence-electron chi connectivity index (χ0n) is 11.5. The molecule has 0 aromatic rings. The Kier molecular flexibility index (Phi) is 4.45. The molecule has 1 aliphatic heterocycles. The smallest absolute Gasteiger partial charge is 0.0392 e. The Morgan fingerprint density at radius 2 is 1.82 bits per heavy atom. The van der Waals surface area contributed by atoms with Crippen molar-refractivity contribution in [2.75, 3.05) is 13.1 Å². The molecular weight excluding hydrogens is 210 g/mol. The van der Waals surface area contributed by atoms with Crippen LogP contribution in [0.4, 0.5) is 0 Å². The lowest BCUT2D eigenvalue weighted by Gasteiger charge is -2.47. The van der Waals surface area contributed by atoms with Crippen LogP contribution < -0.4 is 11.3 Å². The van der Waals surface area contributed by atoms with E-state index in [1.54, 1.807) is 0 Å². The fourth-order valence-corrected chi connectivity index (χ4v) is 3.31. The molecule has 3 nitrogen and oxygen atoms in total. The van der Waals surface area contributed by atoms with Gasteiger partial charge in [0.15, 0.2) is 0 Å². The zero-order valence-corrected chi connectivity index (χ0v) is 11.5. The van der Waals surface area contributed by atoms with Crippen molar-refractivity contribution in [3.63, 3.8) is 0 Å². The van der Waals surface area contributed by atoms with Crippen molar-refractivity contribution in [3.8, 4) is 0 Å². The summed E-state index contributed by atoms with van der Waals surface area (Å²) in [6, 6.07) is 0.436. The number of likely N-dealkylation sites (tertiary alicyclic amines) is 1. The summed E-state index contributed by atoms with van der Waals surface area (Å²) in [5.41, 5.74) is 3.30. The number of nitrogens with two attached hydrogens (primary N) is 1. The van der Waals surface area contributed by atoms with Gasteiger partial charge in [-0.3, -0.25) is 16.2 Å². The molecule has 1 saturated carbocycles. The highest BCUT2D eigenvalue weighted by molar-refractivity contribution is 4.95. The van der Waals surface area contributed by atoms with Crippen molar-refractivity contribution in [3.05, 3.63) is 0 Å². The molecule has 0 radical (unpaired) electrons. The van der Waals surface area contributed by atoms with E-state index >= 15 is 0 Å². The quantitative estimate of drug-likeness (QED) is 0.571. The number of nitrogens with zero attached hydrogens (tertiary/aromatic N) is 1. The molecule has 1 unspecified atom stereocenters. The van der Waals surface area contributed by atoms with Gasteiger partial charge >= 0.3 is 0 Å². The third-order valence-electron chi connectivity index (χ3n) is 5.02. The Hall–Kier alpha value is -0.120. The minimum Gasteiger partial charge on any atom is -0.297 e. The first kappa shape index (κ1) is 13.3. The van der Waals surface area contributed by atoms with Gasteiger partial charge in [-0.2, -0.15) is 0 Å². The van der Waals surface area contributed by atoms with Gasteiger partial charge in [-0.15, -0.1) is 0 Å². The SMILES string of the molecule is CC(C)(C(CC1CCC1)NN)N1CCCCC1. The topological polar surface area (TPSA) is 41.3 Å². The molecule has 1 saturated heterocycles. The van der Waals surface area contributed by atoms with Gasteiger partial charge in [0.2, 0.25) is 0 Å². The van der Waals surface area contributed by atoms with Crippen LogP contribution in [0.3, 0.4) is 0 Å². The molecule has 0 amide bonds. The van der Waals surface area contributed by atoms with E-state index in [0.717, 1.165) is 5.92 Å². The number of hydrogen-bond acceptors (Lipinski definition) is 3. The van der Waals surface area contributed by atoms with Crippen LogP contribution in [0, 0.1) is 5.92 Å². The summed E-state index contributed by atoms with van der Waals surface area (Å²) in [7, 11) is 0. The molecule has 2 fully saturated rings. The molecule has 2 rings (SSSR count). The van der Waals surface area contributed by atoms with Crippen molar-refractivity contribution < 1.29 is 0 Å². The molecule has 0 spiro atoms. The second kappa shape index (κ2) is 5.68. The first-order valence-corrected chi connectivity index (χ1v) is 7.36. The zero-order chi connectivity index (χ0) is 12.3. The van der Waals surface area contributed by atoms with Crippen molar-refractivity contribution in [2.24, 2.45) is 11.8 Å². The van der Waals surface area contributed by atoms with Crippen LogP contribution in [-0.4, -0.2) is 29.6 Å². The van der Waals surface area contributed by atoms with Crippen LogP contribution in [0.15, 0.2) is 0 Å². The second-order valence-corrected chi connectivity index (χ2v) is 6.45. The van der Waals surface area contributed by atoms with Crippen molar-refractivity contribution in [1.29, 1.82) is 0 Å². The largest absolute Gasteiger partial charge is 0.297 e. The van der Waals surface area contributed by atoms with Crippen LogP contribution in [0.2, 0.25) is 0 Å². The average molecular weight is 239 g/mol. The summed E-state index contributed by atoms with van der Waals surface area (Å²) in [5, 5.41) is 0. The molecule has 100 valence electrons. The lowest BCUT2D eigenvalue weighted by molar-refractivity contribution is 0.0468. The van der Waals surface area contributed by atoms with E-state index < -0.39 is 0 Å². The summed E-state index contributed by atoms with van der Waals surface area (Å²) < 4.78 is 0. The molecule has 0 aromatic heterocycles. The highest BCUT2D eigenvalue weighted by atomic mass is 15.3. The number of hydrogen-bond donors (Lipinski definition) is 2. The Morgan fingerprint density at radius 3 is 2.29 bits per heavy atom. The molecule has 2 aliphatic rings. The van der Waals surface area contributed by atoms with Gasteiger partial charge in [-0.1, -0.05) is 25.7 Å². The van der Waals surface area contributed by atoms with Crippen LogP contribution in [0.25, 0.3) is 0 Å². The molecule has 1 aliphatic carbocycles. The van der Waals surface area contributed by atoms with E-state index in [1.807, 2.05) is 0 Å². The van der Waals surface area contributed by atoms with E-state index in [9.17, 15) is 0 Å². The minimum atomic E-state index is 0.199. The fourth-order valence-electron chi connectivity index (χ4n) is 3.31. The maximum Gasteiger partial charge on any atom is 0.0392 e. The maximum absolute atomic E-state index is 5.82. The standard InChI is InChI=1S/C14H29N3/c1-14(2,17-9-4-3-5-10-17)13(16-15)11-12-7-6-8-12/h12-13,16H,3-11,15H2,1-2H3. The highest BCUT2D eigenvalue weighted by Gasteiger charge is 2.37. The maximum atomic E-state index is 5.82. The van der Waals surface area contributed by atoms with Gasteiger partial charge < -0.3 is 0 Å². The Bertz CT molecular complexity index is 230. The molecule has 3 heteroatoms. The molecule has 17 heavy (non-hydrogen) atoms. The highest BCUT2D eigenvalue weighted by Crippen LogP contribution is 2.34.